The molecule has 2 heterocycles. The Morgan fingerprint density at radius 3 is 2.47 bits per heavy atom. The standard InChI is InChI=1S/C19H15F3N2O5S/c20-19(21,22)29-13-3-1-12(2-4-13)24-18(27)17(26)23-9-14(25)16-6-5-15(28-16)11-7-8-30-10-11/h1-8,10,14,25H,9H2,(H,23,26)(H,24,27). The second kappa shape index (κ2) is 9.01. The number of furan rings is 1. The molecular weight excluding hydrogens is 425 g/mol. The van der Waals surface area contributed by atoms with Crippen LogP contribution in [0.15, 0.2) is 57.6 Å². The molecule has 30 heavy (non-hydrogen) atoms. The molecule has 2 aromatic heterocycles. The normalized spacial score (nSPS) is 12.3. The molecule has 3 rings (SSSR count). The van der Waals surface area contributed by atoms with Crippen LogP contribution in [0, 0.1) is 0 Å². The van der Waals surface area contributed by atoms with Crippen LogP contribution < -0.4 is 15.4 Å². The third-order valence-corrected chi connectivity index (χ3v) is 4.45. The van der Waals surface area contributed by atoms with Crippen LogP contribution in [0.4, 0.5) is 18.9 Å². The SMILES string of the molecule is O=C(NCC(O)c1ccc(-c2ccsc2)o1)C(=O)Nc1ccc(OC(F)(F)F)cc1. The first-order valence-corrected chi connectivity index (χ1v) is 9.41. The van der Waals surface area contributed by atoms with Crippen LogP contribution in [0.1, 0.15) is 11.9 Å². The quantitative estimate of drug-likeness (QED) is 0.508. The lowest BCUT2D eigenvalue weighted by molar-refractivity contribution is -0.274. The fraction of sp³-hybridized carbons (Fsp3) is 0.158. The summed E-state index contributed by atoms with van der Waals surface area (Å²) in [7, 11) is 0. The largest absolute Gasteiger partial charge is 0.573 e. The van der Waals surface area contributed by atoms with Crippen molar-refractivity contribution in [3.8, 4) is 17.1 Å². The van der Waals surface area contributed by atoms with Gasteiger partial charge in [0, 0.05) is 16.6 Å². The van der Waals surface area contributed by atoms with Gasteiger partial charge >= 0.3 is 18.2 Å². The molecule has 0 radical (unpaired) electrons. The van der Waals surface area contributed by atoms with Gasteiger partial charge in [-0.2, -0.15) is 11.3 Å². The van der Waals surface area contributed by atoms with Crippen molar-refractivity contribution in [2.45, 2.75) is 12.5 Å². The molecule has 2 amide bonds. The van der Waals surface area contributed by atoms with E-state index in [-0.39, 0.29) is 18.0 Å². The van der Waals surface area contributed by atoms with E-state index in [1.807, 2.05) is 16.8 Å². The van der Waals surface area contributed by atoms with Crippen LogP contribution in [0.3, 0.4) is 0 Å². The fourth-order valence-corrected chi connectivity index (χ4v) is 3.03. The van der Waals surface area contributed by atoms with E-state index in [1.165, 1.54) is 11.3 Å². The molecule has 0 aliphatic heterocycles. The first kappa shape index (κ1) is 21.4. The van der Waals surface area contributed by atoms with Gasteiger partial charge in [-0.15, -0.1) is 13.2 Å². The third kappa shape index (κ3) is 5.84. The van der Waals surface area contributed by atoms with Crippen molar-refractivity contribution >= 4 is 28.8 Å². The number of amides is 2. The van der Waals surface area contributed by atoms with Crippen LogP contribution in [-0.2, 0) is 9.59 Å². The van der Waals surface area contributed by atoms with Crippen LogP contribution in [0.25, 0.3) is 11.3 Å². The van der Waals surface area contributed by atoms with Crippen molar-refractivity contribution in [3.63, 3.8) is 0 Å². The number of nitrogens with one attached hydrogen (secondary N) is 2. The highest BCUT2D eigenvalue weighted by Gasteiger charge is 2.31. The van der Waals surface area contributed by atoms with Crippen molar-refractivity contribution in [1.82, 2.24) is 5.32 Å². The summed E-state index contributed by atoms with van der Waals surface area (Å²) in [4.78, 5) is 23.8. The fourth-order valence-electron chi connectivity index (χ4n) is 2.39. The van der Waals surface area contributed by atoms with Crippen LogP contribution >= 0.6 is 11.3 Å². The van der Waals surface area contributed by atoms with E-state index in [9.17, 15) is 27.9 Å². The Kier molecular flexibility index (Phi) is 6.43. The van der Waals surface area contributed by atoms with Crippen LogP contribution in [0.2, 0.25) is 0 Å². The van der Waals surface area contributed by atoms with Crippen molar-refractivity contribution < 1.29 is 37.0 Å². The molecule has 0 aliphatic rings. The summed E-state index contributed by atoms with van der Waals surface area (Å²) in [5.41, 5.74) is 0.949. The van der Waals surface area contributed by atoms with Crippen molar-refractivity contribution in [2.75, 3.05) is 11.9 Å². The molecule has 0 saturated heterocycles. The zero-order valence-electron chi connectivity index (χ0n) is 15.1. The van der Waals surface area contributed by atoms with Gasteiger partial charge in [0.2, 0.25) is 0 Å². The first-order chi connectivity index (χ1) is 14.2. The Morgan fingerprint density at radius 1 is 1.10 bits per heavy atom. The number of thiophene rings is 1. The summed E-state index contributed by atoms with van der Waals surface area (Å²) in [5.74, 6) is -1.77. The molecule has 0 fully saturated rings. The molecule has 7 nitrogen and oxygen atoms in total. The van der Waals surface area contributed by atoms with Gasteiger partial charge in [0.1, 0.15) is 23.4 Å². The summed E-state index contributed by atoms with van der Waals surface area (Å²) >= 11 is 1.49. The van der Waals surface area contributed by atoms with Gasteiger partial charge < -0.3 is 24.9 Å². The van der Waals surface area contributed by atoms with E-state index in [4.69, 9.17) is 4.42 Å². The zero-order chi connectivity index (χ0) is 21.7. The molecule has 1 atom stereocenters. The monoisotopic (exact) mass is 440 g/mol. The number of aliphatic hydroxyl groups is 1. The minimum atomic E-state index is -4.83. The molecule has 0 spiro atoms. The van der Waals surface area contributed by atoms with E-state index in [0.717, 1.165) is 29.8 Å². The van der Waals surface area contributed by atoms with E-state index >= 15 is 0 Å². The number of carbonyl (C=O) groups excluding carboxylic acids is 2. The van der Waals surface area contributed by atoms with Gasteiger partial charge in [0.15, 0.2) is 0 Å². The molecule has 3 aromatic rings. The summed E-state index contributed by atoms with van der Waals surface area (Å²) in [5, 5.41) is 18.4. The van der Waals surface area contributed by atoms with Gasteiger partial charge in [-0.25, -0.2) is 0 Å². The van der Waals surface area contributed by atoms with Crippen molar-refractivity contribution in [1.29, 1.82) is 0 Å². The molecule has 0 saturated carbocycles. The number of benzene rings is 1. The van der Waals surface area contributed by atoms with Gasteiger partial charge in [0.05, 0.1) is 6.54 Å². The van der Waals surface area contributed by atoms with Gasteiger partial charge in [0.25, 0.3) is 0 Å². The minimum absolute atomic E-state index is 0.0941. The smallest absolute Gasteiger partial charge is 0.458 e. The summed E-state index contributed by atoms with van der Waals surface area (Å²) < 4.78 is 45.6. The number of rotatable bonds is 6. The van der Waals surface area contributed by atoms with Crippen LogP contribution in [0.5, 0.6) is 5.75 Å². The summed E-state index contributed by atoms with van der Waals surface area (Å²) in [6.07, 6.45) is -6.00. The topological polar surface area (TPSA) is 101 Å². The second-order valence-corrected chi connectivity index (χ2v) is 6.75. The van der Waals surface area contributed by atoms with Crippen molar-refractivity contribution in [2.24, 2.45) is 0 Å². The lowest BCUT2D eigenvalue weighted by Crippen LogP contribution is -2.37. The Bertz CT molecular complexity index is 1000. The van der Waals surface area contributed by atoms with Gasteiger partial charge in [-0.3, -0.25) is 9.59 Å². The van der Waals surface area contributed by atoms with E-state index in [2.05, 4.69) is 15.4 Å². The van der Waals surface area contributed by atoms with E-state index in [1.54, 1.807) is 12.1 Å². The minimum Gasteiger partial charge on any atom is -0.458 e. The average Bonchev–Trinajstić information content (AvgIpc) is 3.37. The van der Waals surface area contributed by atoms with Crippen LogP contribution in [-0.4, -0.2) is 29.8 Å². The van der Waals surface area contributed by atoms with E-state index < -0.39 is 30.0 Å². The summed E-state index contributed by atoms with van der Waals surface area (Å²) in [6, 6.07) is 9.38. The van der Waals surface area contributed by atoms with Gasteiger partial charge in [-0.05, 0) is 47.8 Å². The molecule has 1 aromatic carbocycles. The van der Waals surface area contributed by atoms with Crippen molar-refractivity contribution in [3.05, 3.63) is 59.0 Å². The number of aliphatic hydroxyl groups excluding tert-OH is 1. The highest BCUT2D eigenvalue weighted by Crippen LogP contribution is 2.27. The number of ether oxygens (including phenoxy) is 1. The number of halogens is 3. The predicted octanol–water partition coefficient (Wildman–Crippen LogP) is 3.70. The zero-order valence-corrected chi connectivity index (χ0v) is 15.9. The predicted molar refractivity (Wildman–Crippen MR) is 102 cm³/mol. The Hall–Kier alpha value is -3.31. The Balaban J connectivity index is 1.49. The highest BCUT2D eigenvalue weighted by atomic mass is 32.1. The summed E-state index contributed by atoms with van der Waals surface area (Å²) in [6.45, 7) is -0.277. The van der Waals surface area contributed by atoms with E-state index in [0.29, 0.717) is 5.76 Å². The lowest BCUT2D eigenvalue weighted by Gasteiger charge is -2.11. The molecule has 158 valence electrons. The molecule has 1 unspecified atom stereocenters. The van der Waals surface area contributed by atoms with Gasteiger partial charge in [-0.1, -0.05) is 0 Å². The number of hydrogen-bond acceptors (Lipinski definition) is 6. The maximum absolute atomic E-state index is 12.1. The number of alkyl halides is 3. The number of carbonyl (C=O) groups is 2. The Labute approximate surface area is 172 Å². The molecule has 0 bridgehead atoms. The third-order valence-electron chi connectivity index (χ3n) is 3.77. The molecule has 0 aliphatic carbocycles. The molecular formula is C19H15F3N2O5S. The number of hydrogen-bond donors (Lipinski definition) is 3. The average molecular weight is 440 g/mol. The Morgan fingerprint density at radius 2 is 1.83 bits per heavy atom. The molecule has 3 N–H and O–H groups in total. The lowest BCUT2D eigenvalue weighted by atomic mass is 10.2. The second-order valence-electron chi connectivity index (χ2n) is 5.97. The maximum Gasteiger partial charge on any atom is 0.573 e. The number of anilines is 1. The first-order valence-electron chi connectivity index (χ1n) is 8.46. The highest BCUT2D eigenvalue weighted by molar-refractivity contribution is 7.08. The maximum atomic E-state index is 12.1. The molecule has 11 heteroatoms.